The van der Waals surface area contributed by atoms with E-state index in [1.165, 1.54) is 12.1 Å². The van der Waals surface area contributed by atoms with Crippen molar-refractivity contribution in [2.75, 3.05) is 0 Å². The van der Waals surface area contributed by atoms with E-state index < -0.39 is 23.9 Å². The van der Waals surface area contributed by atoms with Crippen molar-refractivity contribution < 1.29 is 23.0 Å². The minimum Gasteiger partial charge on any atom is -0.504 e. The molecule has 0 radical (unpaired) electrons. The van der Waals surface area contributed by atoms with Crippen molar-refractivity contribution in [3.05, 3.63) is 23.8 Å². The summed E-state index contributed by atoms with van der Waals surface area (Å²) in [5.41, 5.74) is 6.17. The predicted octanol–water partition coefficient (Wildman–Crippen LogP) is 3.51. The lowest BCUT2D eigenvalue weighted by Crippen LogP contribution is -2.18. The first kappa shape index (κ1) is 15.9. The van der Waals surface area contributed by atoms with Crippen molar-refractivity contribution >= 4 is 12.4 Å². The number of aromatic hydroxyl groups is 1. The molecular weight excluding hydrogens is 283 g/mol. The Morgan fingerprint density at radius 3 is 2.53 bits per heavy atom. The van der Waals surface area contributed by atoms with Gasteiger partial charge in [-0.3, -0.25) is 0 Å². The number of para-hydroxylation sites is 1. The maximum Gasteiger partial charge on any atom is 0.573 e. The van der Waals surface area contributed by atoms with Gasteiger partial charge in [0.1, 0.15) is 0 Å². The zero-order valence-corrected chi connectivity index (χ0v) is 10.8. The third-order valence-electron chi connectivity index (χ3n) is 2.94. The maximum atomic E-state index is 12.1. The number of hydrogen-bond acceptors (Lipinski definition) is 3. The first-order valence-corrected chi connectivity index (χ1v) is 5.70. The summed E-state index contributed by atoms with van der Waals surface area (Å²) in [6, 6.07) is 3.51. The Bertz CT molecular complexity index is 435. The molecule has 0 unspecified atom stereocenters. The summed E-state index contributed by atoms with van der Waals surface area (Å²) in [4.78, 5) is 0. The fourth-order valence-electron chi connectivity index (χ4n) is 1.89. The third-order valence-corrected chi connectivity index (χ3v) is 2.94. The summed E-state index contributed by atoms with van der Waals surface area (Å²) < 4.78 is 40.1. The fourth-order valence-corrected chi connectivity index (χ4v) is 1.89. The zero-order valence-electron chi connectivity index (χ0n) is 9.98. The number of alkyl halides is 3. The molecule has 3 N–H and O–H groups in total. The second kappa shape index (κ2) is 5.88. The predicted molar refractivity (Wildman–Crippen MR) is 66.3 cm³/mol. The number of rotatable bonds is 4. The molecule has 19 heavy (non-hydrogen) atoms. The number of hydrogen-bond donors (Lipinski definition) is 2. The van der Waals surface area contributed by atoms with Gasteiger partial charge in [0.15, 0.2) is 11.5 Å². The van der Waals surface area contributed by atoms with Crippen LogP contribution in [-0.2, 0) is 0 Å². The van der Waals surface area contributed by atoms with Gasteiger partial charge < -0.3 is 15.6 Å². The molecule has 1 atom stereocenters. The molecule has 1 aliphatic rings. The topological polar surface area (TPSA) is 55.5 Å². The van der Waals surface area contributed by atoms with E-state index in [-0.39, 0.29) is 12.4 Å². The normalized spacial score (nSPS) is 16.6. The molecule has 1 saturated carbocycles. The van der Waals surface area contributed by atoms with E-state index in [2.05, 4.69) is 4.74 Å². The Morgan fingerprint density at radius 2 is 2.00 bits per heavy atom. The lowest BCUT2D eigenvalue weighted by Gasteiger charge is -2.16. The van der Waals surface area contributed by atoms with Gasteiger partial charge in [0.25, 0.3) is 0 Å². The van der Waals surface area contributed by atoms with Gasteiger partial charge in [0.2, 0.25) is 0 Å². The highest BCUT2D eigenvalue weighted by Gasteiger charge is 2.33. The molecule has 0 amide bonds. The van der Waals surface area contributed by atoms with Crippen molar-refractivity contribution in [2.45, 2.75) is 31.7 Å². The van der Waals surface area contributed by atoms with Crippen LogP contribution in [0.2, 0.25) is 0 Å². The molecule has 0 aromatic heterocycles. The average Bonchev–Trinajstić information content (AvgIpc) is 3.03. The van der Waals surface area contributed by atoms with Crippen molar-refractivity contribution in [1.29, 1.82) is 0 Å². The third kappa shape index (κ3) is 4.47. The Balaban J connectivity index is 0.00000180. The number of benzene rings is 1. The van der Waals surface area contributed by atoms with Crippen LogP contribution >= 0.6 is 12.4 Å². The van der Waals surface area contributed by atoms with Crippen LogP contribution in [0.4, 0.5) is 13.2 Å². The van der Waals surface area contributed by atoms with Gasteiger partial charge in [-0.1, -0.05) is 25.0 Å². The number of halogens is 4. The summed E-state index contributed by atoms with van der Waals surface area (Å²) in [5.74, 6) is -0.610. The molecule has 1 aliphatic carbocycles. The van der Waals surface area contributed by atoms with E-state index >= 15 is 0 Å². The van der Waals surface area contributed by atoms with E-state index in [1.54, 1.807) is 0 Å². The molecular formula is C12H15ClF3NO2. The van der Waals surface area contributed by atoms with Crippen molar-refractivity contribution in [3.8, 4) is 11.5 Å². The zero-order chi connectivity index (χ0) is 13.3. The van der Waals surface area contributed by atoms with E-state index in [9.17, 15) is 18.3 Å². The van der Waals surface area contributed by atoms with Crippen molar-refractivity contribution in [3.63, 3.8) is 0 Å². The smallest absolute Gasteiger partial charge is 0.504 e. The van der Waals surface area contributed by atoms with Crippen LogP contribution in [0.15, 0.2) is 18.2 Å². The SMILES string of the molecule is Cl.N[C@H](CC1CC1)c1cccc(OC(F)(F)F)c1O. The highest BCUT2D eigenvalue weighted by atomic mass is 35.5. The van der Waals surface area contributed by atoms with Crippen LogP contribution in [-0.4, -0.2) is 11.5 Å². The molecule has 0 spiro atoms. The molecule has 1 aromatic carbocycles. The largest absolute Gasteiger partial charge is 0.573 e. The molecule has 1 fully saturated rings. The minimum absolute atomic E-state index is 0. The van der Waals surface area contributed by atoms with Crippen molar-refractivity contribution in [1.82, 2.24) is 0 Å². The molecule has 0 aliphatic heterocycles. The minimum atomic E-state index is -4.82. The highest BCUT2D eigenvalue weighted by Crippen LogP contribution is 2.41. The van der Waals surface area contributed by atoms with Crippen LogP contribution in [0.25, 0.3) is 0 Å². The molecule has 0 saturated heterocycles. The standard InChI is InChI=1S/C12H14F3NO2.ClH/c13-12(14,15)18-10-3-1-2-8(11(10)17)9(16)6-7-4-5-7;/h1-3,7,9,17H,4-6,16H2;1H/t9-;/m1./s1. The second-order valence-corrected chi connectivity index (χ2v) is 4.53. The van der Waals surface area contributed by atoms with Gasteiger partial charge in [-0.2, -0.15) is 0 Å². The highest BCUT2D eigenvalue weighted by molar-refractivity contribution is 5.85. The van der Waals surface area contributed by atoms with Gasteiger partial charge >= 0.3 is 6.36 Å². The van der Waals surface area contributed by atoms with Crippen LogP contribution in [0.3, 0.4) is 0 Å². The Labute approximate surface area is 115 Å². The molecule has 1 aromatic rings. The van der Waals surface area contributed by atoms with Gasteiger partial charge in [0.05, 0.1) is 0 Å². The van der Waals surface area contributed by atoms with Gasteiger partial charge in [-0.25, -0.2) is 0 Å². The van der Waals surface area contributed by atoms with Crippen LogP contribution in [0.1, 0.15) is 30.9 Å². The summed E-state index contributed by atoms with van der Waals surface area (Å²) in [7, 11) is 0. The molecule has 2 rings (SSSR count). The first-order valence-electron chi connectivity index (χ1n) is 5.70. The van der Waals surface area contributed by atoms with Crippen LogP contribution in [0.5, 0.6) is 11.5 Å². The summed E-state index contributed by atoms with van der Waals surface area (Å²) >= 11 is 0. The van der Waals surface area contributed by atoms with E-state index in [1.807, 2.05) is 0 Å². The van der Waals surface area contributed by atoms with Gasteiger partial charge in [-0.15, -0.1) is 25.6 Å². The monoisotopic (exact) mass is 297 g/mol. The van der Waals surface area contributed by atoms with E-state index in [0.717, 1.165) is 18.9 Å². The van der Waals surface area contributed by atoms with Gasteiger partial charge in [0, 0.05) is 11.6 Å². The quantitative estimate of drug-likeness (QED) is 0.894. The number of phenolic OH excluding ortho intramolecular Hbond substituents is 1. The fraction of sp³-hybridized carbons (Fsp3) is 0.500. The average molecular weight is 298 g/mol. The second-order valence-electron chi connectivity index (χ2n) is 4.53. The number of nitrogens with two attached hydrogens (primary N) is 1. The lowest BCUT2D eigenvalue weighted by molar-refractivity contribution is -0.275. The van der Waals surface area contributed by atoms with Gasteiger partial charge in [-0.05, 0) is 18.4 Å². The molecule has 108 valence electrons. The first-order chi connectivity index (χ1) is 8.37. The Morgan fingerprint density at radius 1 is 1.37 bits per heavy atom. The Kier molecular flexibility index (Phi) is 4.92. The van der Waals surface area contributed by atoms with Crippen molar-refractivity contribution in [2.24, 2.45) is 11.7 Å². The summed E-state index contributed by atoms with van der Waals surface area (Å²) in [6.07, 6.45) is -1.97. The van der Waals surface area contributed by atoms with Crippen LogP contribution < -0.4 is 10.5 Å². The molecule has 3 nitrogen and oxygen atoms in total. The number of ether oxygens (including phenoxy) is 1. The molecule has 0 heterocycles. The summed E-state index contributed by atoms with van der Waals surface area (Å²) in [5, 5.41) is 9.75. The molecule has 0 bridgehead atoms. The molecule has 7 heteroatoms. The van der Waals surface area contributed by atoms with E-state index in [0.29, 0.717) is 17.9 Å². The maximum absolute atomic E-state index is 12.1. The van der Waals surface area contributed by atoms with Crippen LogP contribution in [0, 0.1) is 5.92 Å². The summed E-state index contributed by atoms with van der Waals surface area (Å²) in [6.45, 7) is 0. The lowest BCUT2D eigenvalue weighted by atomic mass is 10.0. The Hall–Kier alpha value is -1.14. The van der Waals surface area contributed by atoms with E-state index in [4.69, 9.17) is 5.73 Å². The number of phenols is 1.